The van der Waals surface area contributed by atoms with E-state index in [9.17, 15) is 13.6 Å². The lowest BCUT2D eigenvalue weighted by molar-refractivity contribution is -0.108. The molecule has 0 saturated carbocycles. The molecule has 2 aromatic rings. The van der Waals surface area contributed by atoms with E-state index in [-0.39, 0.29) is 5.82 Å². The average Bonchev–Trinajstić information content (AvgIpc) is 2.33. The second-order valence-electron chi connectivity index (χ2n) is 3.58. The Hall–Kier alpha value is -2.10. The number of aromatic nitrogens is 1. The molecule has 0 N–H and O–H groups in total. The number of carbonyl (C=O) groups is 1. The maximum absolute atomic E-state index is 13.0. The van der Waals surface area contributed by atoms with Gasteiger partial charge in [-0.2, -0.15) is 4.39 Å². The van der Waals surface area contributed by atoms with Crippen molar-refractivity contribution >= 4 is 6.29 Å². The third kappa shape index (κ3) is 2.53. The number of aldehydes is 1. The highest BCUT2D eigenvalue weighted by molar-refractivity contribution is 5.68. The highest BCUT2D eigenvalue weighted by Crippen LogP contribution is 2.22. The van der Waals surface area contributed by atoms with Crippen LogP contribution >= 0.6 is 0 Å². The van der Waals surface area contributed by atoms with E-state index in [1.807, 2.05) is 0 Å². The summed E-state index contributed by atoms with van der Waals surface area (Å²) in [7, 11) is 0. The fourth-order valence-corrected chi connectivity index (χ4v) is 1.63. The van der Waals surface area contributed by atoms with Gasteiger partial charge in [-0.15, -0.1) is 0 Å². The predicted octanol–water partition coefficient (Wildman–Crippen LogP) is 2.69. The smallest absolute Gasteiger partial charge is 0.213 e. The molecular weight excluding hydrogens is 224 g/mol. The zero-order valence-electron chi connectivity index (χ0n) is 8.81. The Morgan fingerprint density at radius 2 is 1.76 bits per heavy atom. The maximum atomic E-state index is 13.0. The van der Waals surface area contributed by atoms with E-state index >= 15 is 0 Å². The lowest BCUT2D eigenvalue weighted by Crippen LogP contribution is -2.03. The monoisotopic (exact) mass is 233 g/mol. The summed E-state index contributed by atoms with van der Waals surface area (Å²) in [5.41, 5.74) is 1.12. The largest absolute Gasteiger partial charge is 0.302 e. The molecule has 0 radical (unpaired) electrons. The Morgan fingerprint density at radius 1 is 1.06 bits per heavy atom. The summed E-state index contributed by atoms with van der Waals surface area (Å²) >= 11 is 0. The van der Waals surface area contributed by atoms with Crippen molar-refractivity contribution in [2.75, 3.05) is 0 Å². The van der Waals surface area contributed by atoms with E-state index in [4.69, 9.17) is 0 Å². The van der Waals surface area contributed by atoms with Crippen LogP contribution < -0.4 is 0 Å². The number of pyridine rings is 1. The Bertz CT molecular complexity index is 525. The molecule has 0 aliphatic carbocycles. The van der Waals surface area contributed by atoms with Crippen LogP contribution in [0.25, 0.3) is 0 Å². The molecule has 0 amide bonds. The molecule has 1 aromatic carbocycles. The van der Waals surface area contributed by atoms with Gasteiger partial charge < -0.3 is 4.79 Å². The van der Waals surface area contributed by atoms with Crippen molar-refractivity contribution < 1.29 is 13.6 Å². The molecule has 1 aromatic heterocycles. The first kappa shape index (κ1) is 11.4. The van der Waals surface area contributed by atoms with Gasteiger partial charge in [-0.3, -0.25) is 0 Å². The summed E-state index contributed by atoms with van der Waals surface area (Å²) in [6, 6.07) is 8.31. The van der Waals surface area contributed by atoms with Gasteiger partial charge in [-0.1, -0.05) is 12.1 Å². The standard InChI is InChI=1S/C13H9F2NO/c14-11-3-1-9(2-4-11)12(8-17)10-5-6-16-13(15)7-10/h1-8,12H. The van der Waals surface area contributed by atoms with E-state index in [1.54, 1.807) is 6.07 Å². The first-order valence-electron chi connectivity index (χ1n) is 5.03. The topological polar surface area (TPSA) is 30.0 Å². The van der Waals surface area contributed by atoms with Gasteiger partial charge in [0.1, 0.15) is 12.1 Å². The van der Waals surface area contributed by atoms with Crippen LogP contribution in [0.2, 0.25) is 0 Å². The van der Waals surface area contributed by atoms with Crippen molar-refractivity contribution in [3.8, 4) is 0 Å². The zero-order valence-corrected chi connectivity index (χ0v) is 8.81. The normalized spacial score (nSPS) is 12.1. The summed E-state index contributed by atoms with van der Waals surface area (Å²) in [5.74, 6) is -1.62. The summed E-state index contributed by atoms with van der Waals surface area (Å²) in [5, 5.41) is 0. The fourth-order valence-electron chi connectivity index (χ4n) is 1.63. The molecule has 0 spiro atoms. The van der Waals surface area contributed by atoms with Gasteiger partial charge in [0.2, 0.25) is 5.95 Å². The number of hydrogen-bond acceptors (Lipinski definition) is 2. The summed E-state index contributed by atoms with van der Waals surface area (Å²) in [4.78, 5) is 14.5. The predicted molar refractivity (Wildman–Crippen MR) is 58.5 cm³/mol. The molecule has 17 heavy (non-hydrogen) atoms. The molecule has 1 unspecified atom stereocenters. The molecule has 0 aliphatic heterocycles. The summed E-state index contributed by atoms with van der Waals surface area (Å²) < 4.78 is 25.7. The quantitative estimate of drug-likeness (QED) is 0.602. The van der Waals surface area contributed by atoms with Crippen LogP contribution in [-0.2, 0) is 4.79 Å². The van der Waals surface area contributed by atoms with Crippen molar-refractivity contribution in [3.63, 3.8) is 0 Å². The maximum Gasteiger partial charge on any atom is 0.213 e. The molecule has 0 aliphatic rings. The van der Waals surface area contributed by atoms with Crippen LogP contribution in [0, 0.1) is 11.8 Å². The molecule has 4 heteroatoms. The van der Waals surface area contributed by atoms with Crippen molar-refractivity contribution in [1.82, 2.24) is 4.98 Å². The van der Waals surface area contributed by atoms with Crippen molar-refractivity contribution in [1.29, 1.82) is 0 Å². The van der Waals surface area contributed by atoms with E-state index in [2.05, 4.69) is 4.98 Å². The molecule has 1 heterocycles. The van der Waals surface area contributed by atoms with Crippen LogP contribution in [0.3, 0.4) is 0 Å². The number of nitrogens with zero attached hydrogens (tertiary/aromatic N) is 1. The molecule has 0 saturated heterocycles. The SMILES string of the molecule is O=CC(c1ccc(F)cc1)c1ccnc(F)c1. The van der Waals surface area contributed by atoms with Crippen LogP contribution in [-0.4, -0.2) is 11.3 Å². The number of hydrogen-bond donors (Lipinski definition) is 0. The molecule has 2 nitrogen and oxygen atoms in total. The molecule has 0 fully saturated rings. The second kappa shape index (κ2) is 4.82. The van der Waals surface area contributed by atoms with Gasteiger partial charge in [-0.25, -0.2) is 9.37 Å². The third-order valence-corrected chi connectivity index (χ3v) is 2.47. The minimum Gasteiger partial charge on any atom is -0.302 e. The van der Waals surface area contributed by atoms with Crippen molar-refractivity contribution in [3.05, 3.63) is 65.5 Å². The van der Waals surface area contributed by atoms with Crippen molar-refractivity contribution in [2.24, 2.45) is 0 Å². The van der Waals surface area contributed by atoms with Gasteiger partial charge in [0, 0.05) is 6.20 Å². The van der Waals surface area contributed by atoms with E-state index in [1.165, 1.54) is 36.5 Å². The fraction of sp³-hybridized carbons (Fsp3) is 0.0769. The summed E-state index contributed by atoms with van der Waals surface area (Å²) in [6.45, 7) is 0. The molecule has 1 atom stereocenters. The van der Waals surface area contributed by atoms with Gasteiger partial charge in [0.05, 0.1) is 5.92 Å². The van der Waals surface area contributed by atoms with Crippen molar-refractivity contribution in [2.45, 2.75) is 5.92 Å². The number of carbonyl (C=O) groups excluding carboxylic acids is 1. The number of halogens is 2. The Kier molecular flexibility index (Phi) is 3.23. The van der Waals surface area contributed by atoms with E-state index in [0.29, 0.717) is 17.4 Å². The highest BCUT2D eigenvalue weighted by atomic mass is 19.1. The lowest BCUT2D eigenvalue weighted by Gasteiger charge is -2.10. The van der Waals surface area contributed by atoms with Crippen LogP contribution in [0.15, 0.2) is 42.6 Å². The summed E-state index contributed by atoms with van der Waals surface area (Å²) in [6.07, 6.45) is 1.99. The van der Waals surface area contributed by atoms with Gasteiger partial charge >= 0.3 is 0 Å². The first-order chi connectivity index (χ1) is 8.20. The average molecular weight is 233 g/mol. The van der Waals surface area contributed by atoms with Gasteiger partial charge in [-0.05, 0) is 35.4 Å². The minimum atomic E-state index is -0.642. The van der Waals surface area contributed by atoms with Gasteiger partial charge in [0.15, 0.2) is 0 Å². The Labute approximate surface area is 96.9 Å². The second-order valence-corrected chi connectivity index (χ2v) is 3.58. The highest BCUT2D eigenvalue weighted by Gasteiger charge is 2.13. The third-order valence-electron chi connectivity index (χ3n) is 2.47. The van der Waals surface area contributed by atoms with Crippen LogP contribution in [0.4, 0.5) is 8.78 Å². The van der Waals surface area contributed by atoms with E-state index in [0.717, 1.165) is 0 Å². The molecule has 86 valence electrons. The Balaban J connectivity index is 2.40. The van der Waals surface area contributed by atoms with Crippen LogP contribution in [0.5, 0.6) is 0 Å². The van der Waals surface area contributed by atoms with Gasteiger partial charge in [0.25, 0.3) is 0 Å². The molecule has 2 rings (SSSR count). The minimum absolute atomic E-state index is 0.376. The van der Waals surface area contributed by atoms with E-state index < -0.39 is 11.9 Å². The molecule has 0 bridgehead atoms. The lowest BCUT2D eigenvalue weighted by atomic mass is 9.93. The zero-order chi connectivity index (χ0) is 12.3. The number of benzene rings is 1. The number of rotatable bonds is 3. The molecular formula is C13H9F2NO. The first-order valence-corrected chi connectivity index (χ1v) is 5.03. The Morgan fingerprint density at radius 3 is 2.35 bits per heavy atom. The van der Waals surface area contributed by atoms with Crippen LogP contribution in [0.1, 0.15) is 17.0 Å².